The van der Waals surface area contributed by atoms with Crippen molar-refractivity contribution in [1.82, 2.24) is 5.32 Å². The predicted octanol–water partition coefficient (Wildman–Crippen LogP) is 12.7. The van der Waals surface area contributed by atoms with Crippen LogP contribution in [0.25, 0.3) is 0 Å². The fraction of sp³-hybridized carbons (Fsp3) is 0.944. The Hall–Kier alpha value is -1.16. The molecular formula is C54H105NO11S. The Labute approximate surface area is 410 Å². The van der Waals surface area contributed by atoms with Crippen LogP contribution in [0.3, 0.4) is 0 Å². The topological polar surface area (TPSA) is 192 Å². The number of rotatable bonds is 49. The Morgan fingerprint density at radius 2 is 0.955 bits per heavy atom. The summed E-state index contributed by atoms with van der Waals surface area (Å²) in [4.78, 5) is 13.1. The number of amides is 1. The van der Waals surface area contributed by atoms with Gasteiger partial charge < -0.3 is 35.2 Å². The van der Waals surface area contributed by atoms with Crippen molar-refractivity contribution in [3.05, 3.63) is 12.2 Å². The SMILES string of the molecule is CCCCCCCCCCC/C=C\CCCCCCCC(=O)NC(COC1OC(CO)C(O)C(OS(=O)(=O)O)C1O)C(O)CCCCCCCCCCCCCCCCCCCCCCCC. The molecule has 0 aromatic rings. The quantitative estimate of drug-likeness (QED) is 0.0193. The molecule has 1 heterocycles. The second kappa shape index (κ2) is 44.8. The maximum atomic E-state index is 13.1. The van der Waals surface area contributed by atoms with E-state index in [9.17, 15) is 38.2 Å². The Morgan fingerprint density at radius 1 is 0.582 bits per heavy atom. The van der Waals surface area contributed by atoms with Crippen molar-refractivity contribution < 1.29 is 51.8 Å². The molecule has 13 heteroatoms. The first-order valence-electron chi connectivity index (χ1n) is 28.1. The summed E-state index contributed by atoms with van der Waals surface area (Å²) in [5.74, 6) is -0.234. The van der Waals surface area contributed by atoms with Gasteiger partial charge in [0.25, 0.3) is 0 Å². The minimum absolute atomic E-state index is 0.234. The van der Waals surface area contributed by atoms with Crippen molar-refractivity contribution >= 4 is 16.3 Å². The Balaban J connectivity index is 2.38. The summed E-state index contributed by atoms with van der Waals surface area (Å²) in [6.07, 6.45) is 43.5. The fourth-order valence-electron chi connectivity index (χ4n) is 9.22. The van der Waals surface area contributed by atoms with Crippen LogP contribution in [0.15, 0.2) is 12.2 Å². The summed E-state index contributed by atoms with van der Waals surface area (Å²) >= 11 is 0. The maximum Gasteiger partial charge on any atom is 0.397 e. The molecule has 0 saturated carbocycles. The number of nitrogens with one attached hydrogen (secondary N) is 1. The number of hydrogen-bond acceptors (Lipinski definition) is 10. The average molecular weight is 976 g/mol. The molecule has 7 atom stereocenters. The van der Waals surface area contributed by atoms with Gasteiger partial charge in [-0.3, -0.25) is 9.35 Å². The molecule has 1 rings (SSSR count). The molecule has 0 spiro atoms. The molecule has 1 aliphatic rings. The van der Waals surface area contributed by atoms with Crippen LogP contribution in [0.2, 0.25) is 0 Å². The summed E-state index contributed by atoms with van der Waals surface area (Å²) in [5.41, 5.74) is 0. The highest BCUT2D eigenvalue weighted by Gasteiger charge is 2.48. The lowest BCUT2D eigenvalue weighted by Crippen LogP contribution is -2.61. The predicted molar refractivity (Wildman–Crippen MR) is 273 cm³/mol. The molecule has 0 aromatic heterocycles. The lowest BCUT2D eigenvalue weighted by molar-refractivity contribution is -0.298. The highest BCUT2D eigenvalue weighted by molar-refractivity contribution is 7.80. The van der Waals surface area contributed by atoms with E-state index in [2.05, 4.69) is 35.5 Å². The van der Waals surface area contributed by atoms with Gasteiger partial charge in [0.05, 0.1) is 25.4 Å². The van der Waals surface area contributed by atoms with Gasteiger partial charge in [-0.1, -0.05) is 238 Å². The van der Waals surface area contributed by atoms with Crippen LogP contribution >= 0.6 is 0 Å². The molecule has 1 fully saturated rings. The molecule has 1 saturated heterocycles. The zero-order chi connectivity index (χ0) is 49.1. The van der Waals surface area contributed by atoms with Crippen molar-refractivity contribution in [1.29, 1.82) is 0 Å². The second-order valence-electron chi connectivity index (χ2n) is 19.9. The number of carbonyl (C=O) groups excluding carboxylic acids is 1. The van der Waals surface area contributed by atoms with E-state index in [0.717, 1.165) is 64.2 Å². The summed E-state index contributed by atoms with van der Waals surface area (Å²) in [6, 6.07) is -0.860. The molecule has 6 N–H and O–H groups in total. The van der Waals surface area contributed by atoms with Crippen LogP contribution in [0.1, 0.15) is 271 Å². The first kappa shape index (κ1) is 63.9. The summed E-state index contributed by atoms with van der Waals surface area (Å²) in [6.45, 7) is 3.48. The van der Waals surface area contributed by atoms with E-state index in [1.54, 1.807) is 0 Å². The van der Waals surface area contributed by atoms with E-state index in [4.69, 9.17) is 9.47 Å². The number of allylic oxidation sites excluding steroid dienone is 2. The fourth-order valence-corrected chi connectivity index (χ4v) is 9.73. The molecule has 0 bridgehead atoms. The van der Waals surface area contributed by atoms with E-state index in [0.29, 0.717) is 12.8 Å². The van der Waals surface area contributed by atoms with E-state index < -0.39 is 59.9 Å². The smallest absolute Gasteiger partial charge is 0.394 e. The van der Waals surface area contributed by atoms with Crippen LogP contribution in [-0.4, -0.2) is 95.4 Å². The minimum atomic E-state index is -5.08. The number of ether oxygens (including phenoxy) is 2. The molecule has 7 unspecified atom stereocenters. The van der Waals surface area contributed by atoms with Crippen LogP contribution in [-0.2, 0) is 28.9 Å². The van der Waals surface area contributed by atoms with Crippen molar-refractivity contribution in [2.24, 2.45) is 0 Å². The van der Waals surface area contributed by atoms with Crippen molar-refractivity contribution in [2.45, 2.75) is 314 Å². The third-order valence-corrected chi connectivity index (χ3v) is 14.0. The van der Waals surface area contributed by atoms with Crippen LogP contribution in [0.5, 0.6) is 0 Å². The third-order valence-electron chi connectivity index (χ3n) is 13.6. The average Bonchev–Trinajstić information content (AvgIpc) is 3.30. The van der Waals surface area contributed by atoms with Gasteiger partial charge >= 0.3 is 10.4 Å². The number of aliphatic hydroxyl groups excluding tert-OH is 4. The van der Waals surface area contributed by atoms with Gasteiger partial charge in [-0.15, -0.1) is 0 Å². The molecule has 0 radical (unpaired) electrons. The number of aliphatic hydroxyl groups is 4. The van der Waals surface area contributed by atoms with Crippen molar-refractivity contribution in [3.8, 4) is 0 Å². The highest BCUT2D eigenvalue weighted by atomic mass is 32.3. The van der Waals surface area contributed by atoms with Crippen LogP contribution in [0.4, 0.5) is 0 Å². The Morgan fingerprint density at radius 3 is 1.34 bits per heavy atom. The molecule has 0 aliphatic carbocycles. The van der Waals surface area contributed by atoms with E-state index in [1.807, 2.05) is 0 Å². The zero-order valence-electron chi connectivity index (χ0n) is 43.0. The molecule has 67 heavy (non-hydrogen) atoms. The van der Waals surface area contributed by atoms with E-state index in [1.165, 1.54) is 173 Å². The molecule has 398 valence electrons. The maximum absolute atomic E-state index is 13.1. The summed E-state index contributed by atoms with van der Waals surface area (Å²) in [5, 5.41) is 45.1. The molecule has 1 aliphatic heterocycles. The minimum Gasteiger partial charge on any atom is -0.394 e. The normalized spacial score (nSPS) is 19.9. The third kappa shape index (κ3) is 37.3. The zero-order valence-corrected chi connectivity index (χ0v) is 43.8. The highest BCUT2D eigenvalue weighted by Crippen LogP contribution is 2.26. The number of hydrogen-bond donors (Lipinski definition) is 6. The van der Waals surface area contributed by atoms with E-state index >= 15 is 0 Å². The molecule has 0 aromatic carbocycles. The first-order chi connectivity index (χ1) is 32.5. The van der Waals surface area contributed by atoms with Gasteiger partial charge in [0.15, 0.2) is 6.29 Å². The van der Waals surface area contributed by atoms with Crippen LogP contribution in [0, 0.1) is 0 Å². The molecule has 1 amide bonds. The second-order valence-corrected chi connectivity index (χ2v) is 20.9. The van der Waals surface area contributed by atoms with Gasteiger partial charge in [-0.2, -0.15) is 8.42 Å². The lowest BCUT2D eigenvalue weighted by atomic mass is 9.99. The summed E-state index contributed by atoms with van der Waals surface area (Å²) < 4.78 is 47.9. The Bertz CT molecular complexity index is 1240. The standard InChI is InChI=1S/C54H105NO11S/c1-3-5-7-9-11-13-15-17-19-21-23-24-25-26-27-29-31-33-35-37-39-41-43-48(57)47(46-64-54-52(60)53(66-67(61,62)63)51(59)49(45-56)65-54)55-50(58)44-42-40-38-36-34-32-30-28-22-20-18-16-14-12-10-8-6-4-2/h28,30,47-49,51-54,56-57,59-60H,3-27,29,31-46H2,1-2H3,(H,55,58)(H,61,62,63)/b30-28-. The van der Waals surface area contributed by atoms with Crippen molar-refractivity contribution in [2.75, 3.05) is 13.2 Å². The van der Waals surface area contributed by atoms with Gasteiger partial charge in [-0.25, -0.2) is 4.18 Å². The van der Waals surface area contributed by atoms with E-state index in [-0.39, 0.29) is 18.9 Å². The van der Waals surface area contributed by atoms with Gasteiger partial charge in [0, 0.05) is 6.42 Å². The molecular weight excluding hydrogens is 871 g/mol. The van der Waals surface area contributed by atoms with Gasteiger partial charge in [0.2, 0.25) is 5.91 Å². The van der Waals surface area contributed by atoms with Crippen molar-refractivity contribution in [3.63, 3.8) is 0 Å². The lowest BCUT2D eigenvalue weighted by Gasteiger charge is -2.41. The molecule has 12 nitrogen and oxygen atoms in total. The van der Waals surface area contributed by atoms with Gasteiger partial charge in [-0.05, 0) is 38.5 Å². The number of carbonyl (C=O) groups is 1. The largest absolute Gasteiger partial charge is 0.397 e. The first-order valence-corrected chi connectivity index (χ1v) is 29.4. The summed E-state index contributed by atoms with van der Waals surface area (Å²) in [7, 11) is -5.08. The Kier molecular flexibility index (Phi) is 42.7. The van der Waals surface area contributed by atoms with Gasteiger partial charge in [0.1, 0.15) is 24.4 Å². The van der Waals surface area contributed by atoms with Crippen LogP contribution < -0.4 is 5.32 Å². The monoisotopic (exact) mass is 976 g/mol. The number of unbranched alkanes of at least 4 members (excludes halogenated alkanes) is 35.